The Balaban J connectivity index is 0.00000240. The Bertz CT molecular complexity index is 1180. The second-order valence-electron chi connectivity index (χ2n) is 6.35. The van der Waals surface area contributed by atoms with Crippen LogP contribution in [0, 0.1) is 0 Å². The van der Waals surface area contributed by atoms with Crippen molar-refractivity contribution in [2.24, 2.45) is 0 Å². The van der Waals surface area contributed by atoms with Crippen LogP contribution in [0.5, 0.6) is 11.5 Å². The summed E-state index contributed by atoms with van der Waals surface area (Å²) >= 11 is 8.00. The Hall–Kier alpha value is -2.48. The molecule has 0 radical (unpaired) electrons. The minimum Gasteiger partial charge on any atom is -0.493 e. The Morgan fingerprint density at radius 2 is 1.79 bits per heavy atom. The number of rotatable bonds is 5. The number of halogens is 2. The lowest BCUT2D eigenvalue weighted by Gasteiger charge is -2.18. The molecule has 0 fully saturated rings. The van der Waals surface area contributed by atoms with E-state index >= 15 is 0 Å². The van der Waals surface area contributed by atoms with Crippen molar-refractivity contribution in [3.8, 4) is 11.5 Å². The van der Waals surface area contributed by atoms with Crippen LogP contribution in [0.1, 0.15) is 4.88 Å². The quantitative estimate of drug-likeness (QED) is 0.452. The summed E-state index contributed by atoms with van der Waals surface area (Å²) in [5.41, 5.74) is 6.90. The highest BCUT2D eigenvalue weighted by Crippen LogP contribution is 2.35. The number of ether oxygens (including phenoxy) is 2. The van der Waals surface area contributed by atoms with E-state index in [2.05, 4.69) is 22.1 Å². The Kier molecular flexibility index (Phi) is 6.21. The highest BCUT2D eigenvalue weighted by Gasteiger charge is 2.15. The van der Waals surface area contributed by atoms with Crippen molar-refractivity contribution < 1.29 is 9.47 Å². The first kappa shape index (κ1) is 21.2. The lowest BCUT2D eigenvalue weighted by molar-refractivity contribution is 0.356. The van der Waals surface area contributed by atoms with E-state index in [0.29, 0.717) is 35.3 Å². The normalized spacial score (nSPS) is 10.8. The molecular formula is C20H20Cl2N4O2S. The number of aromatic nitrogens is 2. The van der Waals surface area contributed by atoms with Crippen molar-refractivity contribution in [1.82, 2.24) is 9.97 Å². The van der Waals surface area contributed by atoms with Crippen molar-refractivity contribution in [3.63, 3.8) is 0 Å². The zero-order chi connectivity index (χ0) is 19.8. The number of thiophene rings is 1. The van der Waals surface area contributed by atoms with Gasteiger partial charge in [-0.1, -0.05) is 17.7 Å². The summed E-state index contributed by atoms with van der Waals surface area (Å²) in [4.78, 5) is 12.3. The fourth-order valence-electron chi connectivity index (χ4n) is 3.10. The van der Waals surface area contributed by atoms with Gasteiger partial charge >= 0.3 is 0 Å². The zero-order valence-electron chi connectivity index (χ0n) is 16.1. The molecule has 0 saturated carbocycles. The van der Waals surface area contributed by atoms with Gasteiger partial charge in [-0.2, -0.15) is 4.98 Å². The Labute approximate surface area is 183 Å². The molecule has 0 amide bonds. The summed E-state index contributed by atoms with van der Waals surface area (Å²) in [7, 11) is 5.11. The fourth-order valence-corrected chi connectivity index (χ4v) is 4.53. The predicted octanol–water partition coefficient (Wildman–Crippen LogP) is 5.16. The van der Waals surface area contributed by atoms with Gasteiger partial charge in [-0.3, -0.25) is 0 Å². The van der Waals surface area contributed by atoms with Crippen molar-refractivity contribution in [2.75, 3.05) is 31.9 Å². The number of fused-ring (bicyclic) bond motifs is 2. The molecule has 2 aromatic carbocycles. The van der Waals surface area contributed by atoms with Gasteiger partial charge in [0.1, 0.15) is 5.82 Å². The van der Waals surface area contributed by atoms with E-state index in [-0.39, 0.29) is 12.4 Å². The van der Waals surface area contributed by atoms with Crippen LogP contribution in [0.15, 0.2) is 36.4 Å². The second kappa shape index (κ2) is 8.49. The molecule has 4 aromatic rings. The van der Waals surface area contributed by atoms with Gasteiger partial charge in [-0.15, -0.1) is 23.7 Å². The van der Waals surface area contributed by atoms with Crippen LogP contribution >= 0.6 is 35.3 Å². The Morgan fingerprint density at radius 3 is 2.48 bits per heavy atom. The van der Waals surface area contributed by atoms with Crippen LogP contribution in [0.3, 0.4) is 0 Å². The van der Waals surface area contributed by atoms with Gasteiger partial charge in [0.25, 0.3) is 0 Å². The van der Waals surface area contributed by atoms with E-state index in [0.717, 1.165) is 20.5 Å². The molecule has 0 aliphatic heterocycles. The van der Waals surface area contributed by atoms with Gasteiger partial charge in [-0.05, 0) is 24.3 Å². The number of nitrogens with zero attached hydrogens (tertiary/aromatic N) is 3. The average molecular weight is 451 g/mol. The van der Waals surface area contributed by atoms with E-state index < -0.39 is 0 Å². The summed E-state index contributed by atoms with van der Waals surface area (Å²) in [6.07, 6.45) is 0. The number of hydrogen-bond acceptors (Lipinski definition) is 7. The molecule has 4 rings (SSSR count). The number of nitrogen functional groups attached to an aromatic ring is 1. The molecule has 29 heavy (non-hydrogen) atoms. The standard InChI is InChI=1S/C20H19ClN4O2S.ClH/c1-25(10-11-7-12-14(21)5-4-6-18(12)28-11)20-23-15-9-17(27-3)16(26-2)8-13(15)19(22)24-20;/h4-9H,10H2,1-3H3,(H2,22,23,24);1H. The number of nitrogens with two attached hydrogens (primary N) is 1. The molecule has 6 nitrogen and oxygen atoms in total. The first-order valence-corrected chi connectivity index (χ1v) is 9.77. The monoisotopic (exact) mass is 450 g/mol. The third kappa shape index (κ3) is 3.99. The molecular weight excluding hydrogens is 431 g/mol. The van der Waals surface area contributed by atoms with Crippen molar-refractivity contribution >= 4 is 68.1 Å². The summed E-state index contributed by atoms with van der Waals surface area (Å²) in [5.74, 6) is 2.13. The molecule has 152 valence electrons. The van der Waals surface area contributed by atoms with Crippen molar-refractivity contribution in [3.05, 3.63) is 46.3 Å². The second-order valence-corrected chi connectivity index (χ2v) is 7.93. The number of anilines is 2. The van der Waals surface area contributed by atoms with E-state index in [1.165, 1.54) is 4.88 Å². The summed E-state index contributed by atoms with van der Waals surface area (Å²) in [6, 6.07) is 11.6. The van der Waals surface area contributed by atoms with Crippen LogP contribution in [-0.2, 0) is 6.54 Å². The molecule has 0 aliphatic rings. The van der Waals surface area contributed by atoms with Gasteiger partial charge in [0, 0.05) is 38.5 Å². The van der Waals surface area contributed by atoms with Crippen LogP contribution in [-0.4, -0.2) is 31.2 Å². The molecule has 9 heteroatoms. The third-order valence-electron chi connectivity index (χ3n) is 4.51. The lowest BCUT2D eigenvalue weighted by atomic mass is 10.2. The smallest absolute Gasteiger partial charge is 0.227 e. The van der Waals surface area contributed by atoms with Crippen LogP contribution in [0.4, 0.5) is 11.8 Å². The SMILES string of the molecule is COc1cc2nc(N(C)Cc3cc4c(Cl)cccc4s3)nc(N)c2cc1OC.Cl. The topological polar surface area (TPSA) is 73.5 Å². The fraction of sp³-hybridized carbons (Fsp3) is 0.200. The van der Waals surface area contributed by atoms with Gasteiger partial charge in [0.15, 0.2) is 11.5 Å². The van der Waals surface area contributed by atoms with Crippen LogP contribution in [0.2, 0.25) is 5.02 Å². The molecule has 0 aliphatic carbocycles. The van der Waals surface area contributed by atoms with Gasteiger partial charge in [0.05, 0.1) is 26.3 Å². The summed E-state index contributed by atoms with van der Waals surface area (Å²) in [5, 5.41) is 2.55. The van der Waals surface area contributed by atoms with Crippen molar-refractivity contribution in [2.45, 2.75) is 6.54 Å². The molecule has 0 unspecified atom stereocenters. The van der Waals surface area contributed by atoms with Gasteiger partial charge < -0.3 is 20.1 Å². The van der Waals surface area contributed by atoms with Gasteiger partial charge in [-0.25, -0.2) is 4.98 Å². The first-order valence-electron chi connectivity index (χ1n) is 8.57. The minimum atomic E-state index is 0. The number of methoxy groups -OCH3 is 2. The molecule has 0 bridgehead atoms. The first-order chi connectivity index (χ1) is 13.5. The number of benzene rings is 2. The van der Waals surface area contributed by atoms with E-state index in [9.17, 15) is 0 Å². The molecule has 2 N–H and O–H groups in total. The van der Waals surface area contributed by atoms with E-state index in [4.69, 9.17) is 26.8 Å². The third-order valence-corrected chi connectivity index (χ3v) is 5.93. The molecule has 0 atom stereocenters. The minimum absolute atomic E-state index is 0. The van der Waals surface area contributed by atoms with Crippen LogP contribution in [0.25, 0.3) is 21.0 Å². The van der Waals surface area contributed by atoms with Crippen LogP contribution < -0.4 is 20.1 Å². The summed E-state index contributed by atoms with van der Waals surface area (Å²) < 4.78 is 11.9. The molecule has 2 heterocycles. The maximum atomic E-state index is 6.29. The molecule has 0 spiro atoms. The largest absolute Gasteiger partial charge is 0.493 e. The maximum absolute atomic E-state index is 6.29. The Morgan fingerprint density at radius 1 is 1.07 bits per heavy atom. The molecule has 0 saturated heterocycles. The predicted molar refractivity (Wildman–Crippen MR) is 123 cm³/mol. The zero-order valence-corrected chi connectivity index (χ0v) is 18.5. The highest BCUT2D eigenvalue weighted by atomic mass is 35.5. The van der Waals surface area contributed by atoms with E-state index in [1.807, 2.05) is 30.1 Å². The van der Waals surface area contributed by atoms with Crippen molar-refractivity contribution in [1.29, 1.82) is 0 Å². The van der Waals surface area contributed by atoms with E-state index in [1.54, 1.807) is 31.6 Å². The lowest BCUT2D eigenvalue weighted by Crippen LogP contribution is -2.19. The maximum Gasteiger partial charge on any atom is 0.227 e. The molecule has 2 aromatic heterocycles. The van der Waals surface area contributed by atoms with Gasteiger partial charge in [0.2, 0.25) is 5.95 Å². The summed E-state index contributed by atoms with van der Waals surface area (Å²) in [6.45, 7) is 0.647. The highest BCUT2D eigenvalue weighted by molar-refractivity contribution is 7.19. The average Bonchev–Trinajstić information content (AvgIpc) is 3.10. The number of hydrogen-bond donors (Lipinski definition) is 1.